The van der Waals surface area contributed by atoms with Crippen molar-refractivity contribution in [2.45, 2.75) is 45.1 Å². The molecule has 1 aliphatic heterocycles. The minimum absolute atomic E-state index is 0.179. The van der Waals surface area contributed by atoms with E-state index in [1.54, 1.807) is 11.8 Å². The van der Waals surface area contributed by atoms with Crippen LogP contribution in [0.5, 0.6) is 0 Å². The van der Waals surface area contributed by atoms with E-state index in [1.807, 2.05) is 0 Å². The lowest BCUT2D eigenvalue weighted by Crippen LogP contribution is -2.54. The molecule has 1 fully saturated rings. The molecule has 0 aliphatic carbocycles. The zero-order chi connectivity index (χ0) is 16.9. The molecule has 0 saturated carbocycles. The summed E-state index contributed by atoms with van der Waals surface area (Å²) in [6.07, 6.45) is 2.52. The number of carboxylic acid groups (broad SMARTS) is 1. The van der Waals surface area contributed by atoms with Crippen LogP contribution in [0.3, 0.4) is 0 Å². The monoisotopic (exact) mass is 335 g/mol. The molecule has 0 spiro atoms. The Morgan fingerprint density at radius 3 is 2.43 bits per heavy atom. The molecule has 1 aromatic rings. The first-order valence-corrected chi connectivity index (χ1v) is 9.27. The van der Waals surface area contributed by atoms with Crippen LogP contribution < -0.4 is 5.32 Å². The molecule has 1 heterocycles. The number of hydrogen-bond acceptors (Lipinski definition) is 3. The highest BCUT2D eigenvalue weighted by Gasteiger charge is 2.43. The van der Waals surface area contributed by atoms with E-state index in [0.717, 1.165) is 17.7 Å². The zero-order valence-corrected chi connectivity index (χ0v) is 14.6. The van der Waals surface area contributed by atoms with Crippen molar-refractivity contribution in [3.63, 3.8) is 0 Å². The van der Waals surface area contributed by atoms with E-state index in [1.165, 1.54) is 5.56 Å². The van der Waals surface area contributed by atoms with E-state index in [4.69, 9.17) is 0 Å². The Morgan fingerprint density at radius 1 is 1.26 bits per heavy atom. The molecule has 0 radical (unpaired) electrons. The number of amides is 1. The number of carbonyl (C=O) groups excluding carboxylic acids is 1. The van der Waals surface area contributed by atoms with Gasteiger partial charge in [0.15, 0.2) is 0 Å². The average molecular weight is 335 g/mol. The fraction of sp³-hybridized carbons (Fsp3) is 0.556. The number of rotatable bonds is 7. The molecule has 126 valence electrons. The molecule has 2 N–H and O–H groups in total. The first-order valence-electron chi connectivity index (χ1n) is 8.11. The third kappa shape index (κ3) is 4.99. The first kappa shape index (κ1) is 17.9. The van der Waals surface area contributed by atoms with Gasteiger partial charge in [-0.15, -0.1) is 0 Å². The van der Waals surface area contributed by atoms with Gasteiger partial charge in [0, 0.05) is 12.2 Å². The second kappa shape index (κ2) is 7.86. The van der Waals surface area contributed by atoms with Crippen molar-refractivity contribution in [3.8, 4) is 0 Å². The number of nitrogens with one attached hydrogen (secondary N) is 1. The lowest BCUT2D eigenvalue weighted by Gasteiger charge is -2.24. The predicted molar refractivity (Wildman–Crippen MR) is 93.8 cm³/mol. The second-order valence-corrected chi connectivity index (χ2v) is 7.76. The number of aryl methyl sites for hydroxylation is 1. The zero-order valence-electron chi connectivity index (χ0n) is 13.8. The Balaban J connectivity index is 1.85. The third-order valence-corrected chi connectivity index (χ3v) is 5.31. The van der Waals surface area contributed by atoms with Crippen molar-refractivity contribution in [1.29, 1.82) is 0 Å². The summed E-state index contributed by atoms with van der Waals surface area (Å²) >= 11 is 1.58. The SMILES string of the molecule is CC(C)Cc1ccc(CCC(=O)NC2(C(=O)O)CCSC2)cc1. The molecule has 5 heteroatoms. The highest BCUT2D eigenvalue weighted by Crippen LogP contribution is 2.28. The molecule has 1 aromatic carbocycles. The summed E-state index contributed by atoms with van der Waals surface area (Å²) in [6, 6.07) is 8.34. The predicted octanol–water partition coefficient (Wildman–Crippen LogP) is 2.89. The van der Waals surface area contributed by atoms with Gasteiger partial charge in [0.2, 0.25) is 5.91 Å². The molecule has 0 bridgehead atoms. The smallest absolute Gasteiger partial charge is 0.330 e. The van der Waals surface area contributed by atoms with Gasteiger partial charge in [0.1, 0.15) is 5.54 Å². The summed E-state index contributed by atoms with van der Waals surface area (Å²) in [5, 5.41) is 12.1. The second-order valence-electron chi connectivity index (χ2n) is 6.65. The van der Waals surface area contributed by atoms with Gasteiger partial charge in [0.05, 0.1) is 0 Å². The van der Waals surface area contributed by atoms with Crippen LogP contribution in [0.4, 0.5) is 0 Å². The Kier molecular flexibility index (Phi) is 6.10. The number of aliphatic carboxylic acids is 1. The van der Waals surface area contributed by atoms with Gasteiger partial charge in [-0.25, -0.2) is 4.79 Å². The number of thioether (sulfide) groups is 1. The highest BCUT2D eigenvalue weighted by molar-refractivity contribution is 7.99. The van der Waals surface area contributed by atoms with Crippen LogP contribution >= 0.6 is 11.8 Å². The first-order chi connectivity index (χ1) is 10.9. The lowest BCUT2D eigenvalue weighted by molar-refractivity contribution is -0.146. The van der Waals surface area contributed by atoms with Crippen molar-refractivity contribution < 1.29 is 14.7 Å². The van der Waals surface area contributed by atoms with Crippen LogP contribution in [0.25, 0.3) is 0 Å². The lowest BCUT2D eigenvalue weighted by atomic mass is 9.98. The minimum Gasteiger partial charge on any atom is -0.479 e. The summed E-state index contributed by atoms with van der Waals surface area (Å²) in [5.74, 6) is 0.764. The number of benzene rings is 1. The van der Waals surface area contributed by atoms with Crippen LogP contribution in [-0.4, -0.2) is 34.0 Å². The van der Waals surface area contributed by atoms with Crippen LogP contribution in [0.2, 0.25) is 0 Å². The molecule has 1 atom stereocenters. The standard InChI is InChI=1S/C18H25NO3S/c1-13(2)11-15-5-3-14(4-6-15)7-8-16(20)19-18(17(21)22)9-10-23-12-18/h3-6,13H,7-12H2,1-2H3,(H,19,20)(H,21,22). The maximum Gasteiger partial charge on any atom is 0.330 e. The topological polar surface area (TPSA) is 66.4 Å². The normalized spacial score (nSPS) is 20.7. The molecule has 4 nitrogen and oxygen atoms in total. The fourth-order valence-electron chi connectivity index (χ4n) is 2.79. The van der Waals surface area contributed by atoms with Gasteiger partial charge >= 0.3 is 5.97 Å². The van der Waals surface area contributed by atoms with Gasteiger partial charge < -0.3 is 10.4 Å². The van der Waals surface area contributed by atoms with Crippen molar-refractivity contribution in [1.82, 2.24) is 5.32 Å². The number of hydrogen-bond donors (Lipinski definition) is 2. The molecule has 1 amide bonds. The van der Waals surface area contributed by atoms with E-state index in [-0.39, 0.29) is 5.91 Å². The van der Waals surface area contributed by atoms with Gasteiger partial charge in [-0.1, -0.05) is 38.1 Å². The molecule has 1 unspecified atom stereocenters. The van der Waals surface area contributed by atoms with Gasteiger partial charge in [-0.3, -0.25) is 4.79 Å². The van der Waals surface area contributed by atoms with Gasteiger partial charge in [-0.2, -0.15) is 11.8 Å². The number of carboxylic acids is 1. The van der Waals surface area contributed by atoms with Crippen LogP contribution in [-0.2, 0) is 22.4 Å². The van der Waals surface area contributed by atoms with Crippen LogP contribution in [0, 0.1) is 5.92 Å². The van der Waals surface area contributed by atoms with Crippen LogP contribution in [0.1, 0.15) is 37.8 Å². The Bertz CT molecular complexity index is 548. The third-order valence-electron chi connectivity index (χ3n) is 4.12. The fourth-order valence-corrected chi connectivity index (χ4v) is 4.11. The quantitative estimate of drug-likeness (QED) is 0.804. The summed E-state index contributed by atoms with van der Waals surface area (Å²) < 4.78 is 0. The number of carbonyl (C=O) groups is 2. The van der Waals surface area contributed by atoms with E-state index in [2.05, 4.69) is 43.4 Å². The summed E-state index contributed by atoms with van der Waals surface area (Å²) in [5.41, 5.74) is 1.35. The summed E-state index contributed by atoms with van der Waals surface area (Å²) in [7, 11) is 0. The minimum atomic E-state index is -1.07. The van der Waals surface area contributed by atoms with E-state index in [0.29, 0.717) is 30.9 Å². The van der Waals surface area contributed by atoms with Crippen molar-refractivity contribution in [2.75, 3.05) is 11.5 Å². The largest absolute Gasteiger partial charge is 0.479 e. The molecular weight excluding hydrogens is 310 g/mol. The van der Waals surface area contributed by atoms with Crippen molar-refractivity contribution >= 4 is 23.6 Å². The average Bonchev–Trinajstić information content (AvgIpc) is 2.96. The summed E-state index contributed by atoms with van der Waals surface area (Å²) in [6.45, 7) is 4.38. The molecular formula is C18H25NO3S. The molecule has 2 rings (SSSR count). The summed E-state index contributed by atoms with van der Waals surface area (Å²) in [4.78, 5) is 23.5. The molecule has 23 heavy (non-hydrogen) atoms. The Labute approximate surface area is 142 Å². The molecule has 0 aromatic heterocycles. The van der Waals surface area contributed by atoms with E-state index >= 15 is 0 Å². The molecule has 1 aliphatic rings. The van der Waals surface area contributed by atoms with Crippen molar-refractivity contribution in [3.05, 3.63) is 35.4 Å². The van der Waals surface area contributed by atoms with E-state index < -0.39 is 11.5 Å². The van der Waals surface area contributed by atoms with Crippen LogP contribution in [0.15, 0.2) is 24.3 Å². The maximum absolute atomic E-state index is 12.1. The highest BCUT2D eigenvalue weighted by atomic mass is 32.2. The van der Waals surface area contributed by atoms with Gasteiger partial charge in [0.25, 0.3) is 0 Å². The molecule has 1 saturated heterocycles. The van der Waals surface area contributed by atoms with Crippen molar-refractivity contribution in [2.24, 2.45) is 5.92 Å². The Hall–Kier alpha value is -1.49. The Morgan fingerprint density at radius 2 is 1.91 bits per heavy atom. The van der Waals surface area contributed by atoms with E-state index in [9.17, 15) is 14.7 Å². The van der Waals surface area contributed by atoms with Gasteiger partial charge in [-0.05, 0) is 42.1 Å². The maximum atomic E-state index is 12.1.